The van der Waals surface area contributed by atoms with E-state index in [9.17, 15) is 4.39 Å². The molecule has 1 aromatic rings. The monoisotopic (exact) mass is 208 g/mol. The molecule has 0 saturated heterocycles. The van der Waals surface area contributed by atoms with Crippen molar-refractivity contribution in [2.75, 3.05) is 0 Å². The van der Waals surface area contributed by atoms with E-state index in [-0.39, 0.29) is 5.82 Å². The zero-order valence-electron chi connectivity index (χ0n) is 10.4. The van der Waals surface area contributed by atoms with Crippen molar-refractivity contribution in [1.29, 1.82) is 0 Å². The van der Waals surface area contributed by atoms with Gasteiger partial charge in [0.2, 0.25) is 0 Å². The highest BCUT2D eigenvalue weighted by Gasteiger charge is 2.46. The molecule has 0 unspecified atom stereocenters. The van der Waals surface area contributed by atoms with Gasteiger partial charge in [-0.3, -0.25) is 0 Å². The van der Waals surface area contributed by atoms with Gasteiger partial charge in [0.15, 0.2) is 0 Å². The van der Waals surface area contributed by atoms with Crippen LogP contribution < -0.4 is 0 Å². The van der Waals surface area contributed by atoms with E-state index in [1.807, 2.05) is 19.9 Å². The van der Waals surface area contributed by atoms with Crippen LogP contribution in [0.25, 0.3) is 0 Å². The van der Waals surface area contributed by atoms with Gasteiger partial charge in [-0.15, -0.1) is 0 Å². The average Bonchev–Trinajstić information content (AvgIpc) is 2.83. The van der Waals surface area contributed by atoms with Crippen LogP contribution in [0.15, 0.2) is 18.2 Å². The molecular formula is C14H21F. The van der Waals surface area contributed by atoms with E-state index in [4.69, 9.17) is 0 Å². The molecule has 1 heteroatoms. The SMILES string of the molecule is CC.Cc1ccc([C@@H]2CC2(C)C)cc1F. The standard InChI is InChI=1S/C12H15F.C2H6/c1-8-4-5-9(6-11(8)13)10-7-12(10,2)3;1-2/h4-6,10H,7H2,1-3H3;1-2H3/t10-;/m0./s1. The summed E-state index contributed by atoms with van der Waals surface area (Å²) in [5, 5.41) is 0. The van der Waals surface area contributed by atoms with Gasteiger partial charge in [0, 0.05) is 0 Å². The zero-order chi connectivity index (χ0) is 11.6. The Bertz CT molecular complexity index is 339. The Morgan fingerprint density at radius 2 is 1.80 bits per heavy atom. The predicted octanol–water partition coefficient (Wildman–Crippen LogP) is 4.67. The molecule has 0 radical (unpaired) electrons. The lowest BCUT2D eigenvalue weighted by Crippen LogP contribution is -1.91. The van der Waals surface area contributed by atoms with Gasteiger partial charge in [-0.1, -0.05) is 39.8 Å². The molecule has 0 nitrogen and oxygen atoms in total. The molecule has 0 N–H and O–H groups in total. The minimum atomic E-state index is -0.0693. The number of hydrogen-bond donors (Lipinski definition) is 0. The summed E-state index contributed by atoms with van der Waals surface area (Å²) in [4.78, 5) is 0. The Hall–Kier alpha value is -0.850. The van der Waals surface area contributed by atoms with Crippen LogP contribution in [0.4, 0.5) is 4.39 Å². The Morgan fingerprint density at radius 3 is 2.20 bits per heavy atom. The maximum Gasteiger partial charge on any atom is 0.126 e. The van der Waals surface area contributed by atoms with Gasteiger partial charge in [0.25, 0.3) is 0 Å². The fourth-order valence-electron chi connectivity index (χ4n) is 1.86. The van der Waals surface area contributed by atoms with Crippen molar-refractivity contribution in [3.63, 3.8) is 0 Å². The van der Waals surface area contributed by atoms with Crippen molar-refractivity contribution in [2.45, 2.75) is 47.0 Å². The van der Waals surface area contributed by atoms with Crippen LogP contribution in [0.5, 0.6) is 0 Å². The predicted molar refractivity (Wildman–Crippen MR) is 63.6 cm³/mol. The average molecular weight is 208 g/mol. The highest BCUT2D eigenvalue weighted by Crippen LogP contribution is 2.58. The second-order valence-electron chi connectivity index (χ2n) is 4.75. The van der Waals surface area contributed by atoms with Crippen LogP contribution >= 0.6 is 0 Å². The molecule has 1 aromatic carbocycles. The summed E-state index contributed by atoms with van der Waals surface area (Å²) in [5.74, 6) is 0.503. The third-order valence-electron chi connectivity index (χ3n) is 3.11. The molecule has 0 amide bonds. The zero-order valence-corrected chi connectivity index (χ0v) is 10.4. The second-order valence-corrected chi connectivity index (χ2v) is 4.75. The van der Waals surface area contributed by atoms with Crippen LogP contribution in [0.3, 0.4) is 0 Å². The summed E-state index contributed by atoms with van der Waals surface area (Å²) in [7, 11) is 0. The van der Waals surface area contributed by atoms with E-state index in [1.54, 1.807) is 13.0 Å². The van der Waals surface area contributed by atoms with Gasteiger partial charge in [-0.05, 0) is 41.9 Å². The molecule has 1 aliphatic carbocycles. The van der Waals surface area contributed by atoms with Crippen LogP contribution in [0, 0.1) is 18.2 Å². The first kappa shape index (κ1) is 12.2. The fourth-order valence-corrected chi connectivity index (χ4v) is 1.86. The molecule has 2 rings (SSSR count). The Labute approximate surface area is 92.5 Å². The molecule has 1 fully saturated rings. The number of aryl methyl sites for hydroxylation is 1. The van der Waals surface area contributed by atoms with Crippen molar-refractivity contribution in [2.24, 2.45) is 5.41 Å². The maximum absolute atomic E-state index is 13.2. The minimum absolute atomic E-state index is 0.0693. The Morgan fingerprint density at radius 1 is 1.27 bits per heavy atom. The molecule has 0 aromatic heterocycles. The molecular weight excluding hydrogens is 187 g/mol. The topological polar surface area (TPSA) is 0 Å². The van der Waals surface area contributed by atoms with Crippen molar-refractivity contribution < 1.29 is 4.39 Å². The molecule has 1 aliphatic rings. The second kappa shape index (κ2) is 4.34. The van der Waals surface area contributed by atoms with E-state index >= 15 is 0 Å². The van der Waals surface area contributed by atoms with Gasteiger partial charge in [-0.2, -0.15) is 0 Å². The quantitative estimate of drug-likeness (QED) is 0.629. The third kappa shape index (κ3) is 2.58. The fraction of sp³-hybridized carbons (Fsp3) is 0.571. The van der Waals surface area contributed by atoms with Gasteiger partial charge in [0.05, 0.1) is 0 Å². The van der Waals surface area contributed by atoms with E-state index in [2.05, 4.69) is 19.9 Å². The van der Waals surface area contributed by atoms with Crippen LogP contribution in [0.2, 0.25) is 0 Å². The lowest BCUT2D eigenvalue weighted by Gasteiger charge is -2.04. The summed E-state index contributed by atoms with van der Waals surface area (Å²) < 4.78 is 13.2. The lowest BCUT2D eigenvalue weighted by molar-refractivity contribution is 0.603. The van der Waals surface area contributed by atoms with E-state index in [1.165, 1.54) is 6.42 Å². The van der Waals surface area contributed by atoms with E-state index in [0.29, 0.717) is 11.3 Å². The highest BCUT2D eigenvalue weighted by atomic mass is 19.1. The van der Waals surface area contributed by atoms with Crippen molar-refractivity contribution in [3.05, 3.63) is 35.1 Å². The third-order valence-corrected chi connectivity index (χ3v) is 3.11. The first-order valence-corrected chi connectivity index (χ1v) is 5.77. The molecule has 0 bridgehead atoms. The number of benzene rings is 1. The molecule has 0 aliphatic heterocycles. The van der Waals surface area contributed by atoms with Gasteiger partial charge >= 0.3 is 0 Å². The summed E-state index contributed by atoms with van der Waals surface area (Å²) >= 11 is 0. The van der Waals surface area contributed by atoms with E-state index < -0.39 is 0 Å². The van der Waals surface area contributed by atoms with Crippen molar-refractivity contribution in [3.8, 4) is 0 Å². The van der Waals surface area contributed by atoms with Crippen LogP contribution in [0.1, 0.15) is 51.2 Å². The van der Waals surface area contributed by atoms with Crippen LogP contribution in [-0.2, 0) is 0 Å². The summed E-state index contributed by atoms with van der Waals surface area (Å²) in [6.07, 6.45) is 1.19. The Balaban J connectivity index is 0.000000531. The van der Waals surface area contributed by atoms with Gasteiger partial charge in [-0.25, -0.2) is 4.39 Å². The number of hydrogen-bond acceptors (Lipinski definition) is 0. The molecule has 84 valence electrons. The maximum atomic E-state index is 13.2. The largest absolute Gasteiger partial charge is 0.207 e. The van der Waals surface area contributed by atoms with Crippen molar-refractivity contribution in [1.82, 2.24) is 0 Å². The lowest BCUT2D eigenvalue weighted by atomic mass is 10.0. The highest BCUT2D eigenvalue weighted by molar-refractivity contribution is 5.31. The van der Waals surface area contributed by atoms with E-state index in [0.717, 1.165) is 11.1 Å². The van der Waals surface area contributed by atoms with Gasteiger partial charge in [0.1, 0.15) is 5.82 Å². The first-order valence-electron chi connectivity index (χ1n) is 5.77. The summed E-state index contributed by atoms with van der Waals surface area (Å²) in [5.41, 5.74) is 2.29. The minimum Gasteiger partial charge on any atom is -0.207 e. The molecule has 1 atom stereocenters. The summed E-state index contributed by atoms with van der Waals surface area (Å²) in [6, 6.07) is 5.62. The van der Waals surface area contributed by atoms with Crippen molar-refractivity contribution >= 4 is 0 Å². The molecule has 1 saturated carbocycles. The first-order chi connectivity index (χ1) is 7.00. The molecule has 0 heterocycles. The molecule has 15 heavy (non-hydrogen) atoms. The number of halogens is 1. The normalized spacial score (nSPS) is 21.6. The Kier molecular flexibility index (Phi) is 3.54. The van der Waals surface area contributed by atoms with Gasteiger partial charge < -0.3 is 0 Å². The smallest absolute Gasteiger partial charge is 0.126 e. The summed E-state index contributed by atoms with van der Waals surface area (Å²) in [6.45, 7) is 10.3. The van der Waals surface area contributed by atoms with Crippen LogP contribution in [-0.4, -0.2) is 0 Å². The molecule has 0 spiro atoms. The number of rotatable bonds is 1.